The largest absolute Gasteiger partial charge is 0.497 e. The van der Waals surface area contributed by atoms with Crippen LogP contribution in [0.1, 0.15) is 43.0 Å². The number of carbonyl (C=O) groups excluding carboxylic acids is 4. The molecule has 172 valence electrons. The van der Waals surface area contributed by atoms with Crippen LogP contribution < -0.4 is 20.7 Å². The van der Waals surface area contributed by atoms with Gasteiger partial charge in [0.2, 0.25) is 5.91 Å². The minimum atomic E-state index is -1.04. The van der Waals surface area contributed by atoms with E-state index in [1.165, 1.54) is 14.0 Å². The molecule has 1 saturated carbocycles. The molecule has 9 heteroatoms. The van der Waals surface area contributed by atoms with Crippen molar-refractivity contribution in [2.24, 2.45) is 0 Å². The molecule has 1 spiro atoms. The summed E-state index contributed by atoms with van der Waals surface area (Å²) in [4.78, 5) is 52.3. The molecule has 1 aliphatic heterocycles. The molecular weight excluding hydrogens is 424 g/mol. The second kappa shape index (κ2) is 8.93. The molecule has 2 aromatic rings. The van der Waals surface area contributed by atoms with Gasteiger partial charge in [-0.15, -0.1) is 0 Å². The molecule has 0 aromatic heterocycles. The SMILES string of the molecule is COc1cccc(NC(=O)c2ccccc2NC(=O)C(C)N2C(=O)NC3(CCCC3)C2=O)c1. The number of hydrogen-bond donors (Lipinski definition) is 3. The molecule has 4 rings (SSSR count). The number of hydrogen-bond acceptors (Lipinski definition) is 5. The van der Waals surface area contributed by atoms with E-state index in [9.17, 15) is 19.2 Å². The van der Waals surface area contributed by atoms with Crippen molar-refractivity contribution in [3.8, 4) is 5.75 Å². The third kappa shape index (κ3) is 4.26. The van der Waals surface area contributed by atoms with Gasteiger partial charge in [0.25, 0.3) is 11.8 Å². The second-order valence-corrected chi connectivity index (χ2v) is 8.29. The number of rotatable bonds is 6. The van der Waals surface area contributed by atoms with Gasteiger partial charge < -0.3 is 20.7 Å². The molecule has 3 N–H and O–H groups in total. The number of nitrogens with zero attached hydrogens (tertiary/aromatic N) is 1. The van der Waals surface area contributed by atoms with Gasteiger partial charge in [-0.2, -0.15) is 0 Å². The Bertz CT molecular complexity index is 1110. The fraction of sp³-hybridized carbons (Fsp3) is 0.333. The van der Waals surface area contributed by atoms with E-state index in [0.29, 0.717) is 24.3 Å². The van der Waals surface area contributed by atoms with Crippen molar-refractivity contribution in [1.82, 2.24) is 10.2 Å². The molecular formula is C24H26N4O5. The van der Waals surface area contributed by atoms with Gasteiger partial charge in [0.05, 0.1) is 18.4 Å². The molecule has 0 bridgehead atoms. The van der Waals surface area contributed by atoms with E-state index in [2.05, 4.69) is 16.0 Å². The quantitative estimate of drug-likeness (QED) is 0.585. The third-order valence-corrected chi connectivity index (χ3v) is 6.17. The van der Waals surface area contributed by atoms with Gasteiger partial charge in [0.1, 0.15) is 17.3 Å². The van der Waals surface area contributed by atoms with E-state index in [1.54, 1.807) is 48.5 Å². The summed E-state index contributed by atoms with van der Waals surface area (Å²) in [6.45, 7) is 1.50. The minimum Gasteiger partial charge on any atom is -0.497 e. The van der Waals surface area contributed by atoms with Gasteiger partial charge in [-0.05, 0) is 44.0 Å². The fourth-order valence-electron chi connectivity index (χ4n) is 4.35. The number of nitrogens with one attached hydrogen (secondary N) is 3. The standard InChI is InChI=1S/C24H26N4O5/c1-15(28-22(31)24(27-23(28)32)12-5-6-13-24)20(29)26-19-11-4-3-10-18(19)21(30)25-16-8-7-9-17(14-16)33-2/h3-4,7-11,14-15H,5-6,12-13H2,1-2H3,(H,25,30)(H,26,29)(H,27,32). The van der Waals surface area contributed by atoms with Gasteiger partial charge in [-0.3, -0.25) is 14.4 Å². The monoisotopic (exact) mass is 450 g/mol. The lowest BCUT2D eigenvalue weighted by Crippen LogP contribution is -2.48. The van der Waals surface area contributed by atoms with Crippen molar-refractivity contribution in [2.75, 3.05) is 17.7 Å². The fourth-order valence-corrected chi connectivity index (χ4v) is 4.35. The van der Waals surface area contributed by atoms with Gasteiger partial charge in [-0.1, -0.05) is 31.0 Å². The lowest BCUT2D eigenvalue weighted by Gasteiger charge is -2.24. The van der Waals surface area contributed by atoms with Crippen molar-refractivity contribution in [3.05, 3.63) is 54.1 Å². The molecule has 2 fully saturated rings. The highest BCUT2D eigenvalue weighted by Gasteiger charge is 2.54. The Morgan fingerprint density at radius 2 is 1.79 bits per heavy atom. The maximum atomic E-state index is 13.0. The predicted molar refractivity (Wildman–Crippen MR) is 122 cm³/mol. The molecule has 1 aliphatic carbocycles. The second-order valence-electron chi connectivity index (χ2n) is 8.29. The predicted octanol–water partition coefficient (Wildman–Crippen LogP) is 3.14. The van der Waals surface area contributed by atoms with Crippen LogP contribution in [-0.2, 0) is 9.59 Å². The first kappa shape index (κ1) is 22.3. The molecule has 9 nitrogen and oxygen atoms in total. The van der Waals surface area contributed by atoms with Gasteiger partial charge in [0, 0.05) is 11.8 Å². The summed E-state index contributed by atoms with van der Waals surface area (Å²) >= 11 is 0. The third-order valence-electron chi connectivity index (χ3n) is 6.17. The summed E-state index contributed by atoms with van der Waals surface area (Å²) in [6, 6.07) is 11.9. The number of carbonyl (C=O) groups is 4. The molecule has 1 unspecified atom stereocenters. The average molecular weight is 450 g/mol. The van der Waals surface area contributed by atoms with E-state index in [-0.39, 0.29) is 17.2 Å². The molecule has 2 aliphatic rings. The van der Waals surface area contributed by atoms with E-state index < -0.39 is 29.4 Å². The normalized spacial score (nSPS) is 17.6. The van der Waals surface area contributed by atoms with Crippen LogP contribution in [0.5, 0.6) is 5.75 Å². The Hall–Kier alpha value is -3.88. The topological polar surface area (TPSA) is 117 Å². The number of amides is 5. The maximum absolute atomic E-state index is 13.0. The van der Waals surface area contributed by atoms with E-state index in [1.807, 2.05) is 0 Å². The van der Waals surface area contributed by atoms with Gasteiger partial charge in [-0.25, -0.2) is 9.69 Å². The lowest BCUT2D eigenvalue weighted by molar-refractivity contribution is -0.136. The number of benzene rings is 2. The molecule has 0 radical (unpaired) electrons. The zero-order valence-electron chi connectivity index (χ0n) is 18.5. The Morgan fingerprint density at radius 3 is 2.52 bits per heavy atom. The zero-order valence-corrected chi connectivity index (χ0v) is 18.5. The zero-order chi connectivity index (χ0) is 23.6. The first-order chi connectivity index (χ1) is 15.8. The first-order valence-corrected chi connectivity index (χ1v) is 10.9. The summed E-state index contributed by atoms with van der Waals surface area (Å²) in [5.41, 5.74) is 0.165. The van der Waals surface area contributed by atoms with Crippen molar-refractivity contribution in [1.29, 1.82) is 0 Å². The Morgan fingerprint density at radius 1 is 1.06 bits per heavy atom. The van der Waals surface area contributed by atoms with E-state index >= 15 is 0 Å². The summed E-state index contributed by atoms with van der Waals surface area (Å²) in [5, 5.41) is 8.26. The van der Waals surface area contributed by atoms with Gasteiger partial charge >= 0.3 is 6.03 Å². The molecule has 2 aromatic carbocycles. The molecule has 1 heterocycles. The summed E-state index contributed by atoms with van der Waals surface area (Å²) in [7, 11) is 1.53. The Kier molecular flexibility index (Phi) is 6.04. The molecule has 1 atom stereocenters. The molecule has 33 heavy (non-hydrogen) atoms. The summed E-state index contributed by atoms with van der Waals surface area (Å²) < 4.78 is 5.17. The lowest BCUT2D eigenvalue weighted by atomic mass is 9.97. The smallest absolute Gasteiger partial charge is 0.325 e. The average Bonchev–Trinajstić information content (AvgIpc) is 3.37. The van der Waals surface area contributed by atoms with Crippen LogP contribution in [0.15, 0.2) is 48.5 Å². The van der Waals surface area contributed by atoms with Crippen LogP contribution in [-0.4, -0.2) is 47.3 Å². The molecule has 1 saturated heterocycles. The van der Waals surface area contributed by atoms with Crippen LogP contribution in [0.4, 0.5) is 16.2 Å². The highest BCUT2D eigenvalue weighted by molar-refractivity contribution is 6.13. The van der Waals surface area contributed by atoms with E-state index in [0.717, 1.165) is 17.7 Å². The Balaban J connectivity index is 1.49. The van der Waals surface area contributed by atoms with Crippen molar-refractivity contribution in [2.45, 2.75) is 44.2 Å². The highest BCUT2D eigenvalue weighted by atomic mass is 16.5. The van der Waals surface area contributed by atoms with Crippen molar-refractivity contribution in [3.63, 3.8) is 0 Å². The highest BCUT2D eigenvalue weighted by Crippen LogP contribution is 2.36. The summed E-state index contributed by atoms with van der Waals surface area (Å²) in [6.07, 6.45) is 2.87. The first-order valence-electron chi connectivity index (χ1n) is 10.9. The number of ether oxygens (including phenoxy) is 1. The van der Waals surface area contributed by atoms with Crippen molar-refractivity contribution < 1.29 is 23.9 Å². The van der Waals surface area contributed by atoms with E-state index in [4.69, 9.17) is 4.74 Å². The number of urea groups is 1. The van der Waals surface area contributed by atoms with Crippen LogP contribution >= 0.6 is 0 Å². The number of methoxy groups -OCH3 is 1. The number of anilines is 2. The number of para-hydroxylation sites is 1. The number of imide groups is 1. The maximum Gasteiger partial charge on any atom is 0.325 e. The minimum absolute atomic E-state index is 0.241. The Labute approximate surface area is 191 Å². The van der Waals surface area contributed by atoms with Crippen LogP contribution in [0.25, 0.3) is 0 Å². The summed E-state index contributed by atoms with van der Waals surface area (Å²) in [5.74, 6) is -0.754. The van der Waals surface area contributed by atoms with Crippen LogP contribution in [0.2, 0.25) is 0 Å². The molecule has 5 amide bonds. The van der Waals surface area contributed by atoms with Crippen LogP contribution in [0, 0.1) is 0 Å². The van der Waals surface area contributed by atoms with Crippen molar-refractivity contribution >= 4 is 35.1 Å². The van der Waals surface area contributed by atoms with Crippen LogP contribution in [0.3, 0.4) is 0 Å². The van der Waals surface area contributed by atoms with Gasteiger partial charge in [0.15, 0.2) is 0 Å².